The fraction of sp³-hybridized carbons (Fsp3) is 0.240. The van der Waals surface area contributed by atoms with Crippen LogP contribution in [0.15, 0.2) is 65.7 Å². The van der Waals surface area contributed by atoms with Crippen molar-refractivity contribution in [3.63, 3.8) is 0 Å². The molecule has 1 aliphatic heterocycles. The number of ether oxygens (including phenoxy) is 1. The van der Waals surface area contributed by atoms with E-state index in [9.17, 15) is 19.7 Å². The molecule has 1 heterocycles. The third-order valence-corrected chi connectivity index (χ3v) is 7.05. The number of aliphatic imine (C=N–C) groups is 1. The summed E-state index contributed by atoms with van der Waals surface area (Å²) in [6.07, 6.45) is 1.78. The average molecular weight is 491 g/mol. The van der Waals surface area contributed by atoms with Gasteiger partial charge < -0.3 is 10.1 Å². The summed E-state index contributed by atoms with van der Waals surface area (Å²) < 4.78 is 5.18. The lowest BCUT2D eigenvalue weighted by atomic mass is 10.1. The second kappa shape index (κ2) is 9.38. The van der Waals surface area contributed by atoms with E-state index in [1.165, 1.54) is 37.1 Å². The lowest BCUT2D eigenvalue weighted by molar-refractivity contribution is -0.384. The Morgan fingerprint density at radius 2 is 1.97 bits per heavy atom. The molecule has 2 amide bonds. The predicted octanol–water partition coefficient (Wildman–Crippen LogP) is 4.88. The lowest BCUT2D eigenvalue weighted by Gasteiger charge is -2.15. The highest BCUT2D eigenvalue weighted by Gasteiger charge is 2.46. The molecule has 9 nitrogen and oxygen atoms in total. The summed E-state index contributed by atoms with van der Waals surface area (Å²) >= 11 is 1.30. The molecule has 2 fully saturated rings. The smallest absolute Gasteiger partial charge is 0.273 e. The normalized spacial score (nSPS) is 18.8. The van der Waals surface area contributed by atoms with Gasteiger partial charge >= 0.3 is 0 Å². The number of nitro benzene ring substituents is 1. The van der Waals surface area contributed by atoms with Gasteiger partial charge in [0.25, 0.3) is 5.69 Å². The van der Waals surface area contributed by atoms with E-state index in [-0.39, 0.29) is 35.7 Å². The van der Waals surface area contributed by atoms with Gasteiger partial charge in [-0.1, -0.05) is 48.2 Å². The van der Waals surface area contributed by atoms with E-state index < -0.39 is 10.2 Å². The lowest BCUT2D eigenvalue weighted by Crippen LogP contribution is -2.35. The van der Waals surface area contributed by atoms with Crippen LogP contribution in [0.5, 0.6) is 5.75 Å². The summed E-state index contributed by atoms with van der Waals surface area (Å²) in [5.41, 5.74) is 0.947. The van der Waals surface area contributed by atoms with Crippen LogP contribution in [0.1, 0.15) is 19.3 Å². The number of hydrogen-bond donors (Lipinski definition) is 1. The van der Waals surface area contributed by atoms with Crippen LogP contribution in [0, 0.1) is 10.1 Å². The first-order valence-corrected chi connectivity index (χ1v) is 12.0. The molecule has 1 atom stereocenters. The molecule has 178 valence electrons. The largest absolute Gasteiger partial charge is 0.494 e. The topological polar surface area (TPSA) is 114 Å². The number of hydrogen-bond acceptors (Lipinski definition) is 7. The Balaban J connectivity index is 1.36. The van der Waals surface area contributed by atoms with Gasteiger partial charge in [-0.15, -0.1) is 0 Å². The second-order valence-corrected chi connectivity index (χ2v) is 9.50. The number of anilines is 1. The van der Waals surface area contributed by atoms with Crippen LogP contribution < -0.4 is 10.1 Å². The van der Waals surface area contributed by atoms with Crippen molar-refractivity contribution in [3.8, 4) is 5.75 Å². The Hall–Kier alpha value is -3.92. The maximum absolute atomic E-state index is 13.2. The molecule has 1 saturated carbocycles. The number of carbonyl (C=O) groups excluding carboxylic acids is 2. The van der Waals surface area contributed by atoms with Crippen LogP contribution in [-0.4, -0.2) is 45.2 Å². The highest BCUT2D eigenvalue weighted by molar-refractivity contribution is 8.15. The zero-order valence-corrected chi connectivity index (χ0v) is 19.7. The third-order valence-electron chi connectivity index (χ3n) is 5.90. The van der Waals surface area contributed by atoms with Crippen molar-refractivity contribution in [2.24, 2.45) is 4.99 Å². The van der Waals surface area contributed by atoms with Crippen molar-refractivity contribution in [2.45, 2.75) is 30.6 Å². The third kappa shape index (κ3) is 4.69. The Morgan fingerprint density at radius 1 is 1.20 bits per heavy atom. The molecule has 1 unspecified atom stereocenters. The molecule has 1 saturated heterocycles. The number of rotatable bonds is 7. The number of amides is 2. The number of amidine groups is 1. The molecule has 1 aliphatic carbocycles. The molecular formula is C25H22N4O5S. The number of benzene rings is 3. The van der Waals surface area contributed by atoms with Crippen molar-refractivity contribution in [1.82, 2.24) is 4.90 Å². The van der Waals surface area contributed by atoms with Crippen LogP contribution in [-0.2, 0) is 9.59 Å². The van der Waals surface area contributed by atoms with Crippen LogP contribution in [0.3, 0.4) is 0 Å². The fourth-order valence-corrected chi connectivity index (χ4v) is 5.24. The zero-order valence-electron chi connectivity index (χ0n) is 18.8. The standard InChI is InChI=1S/C25H22N4O5S/c1-34-21-13-17(29(32)33)11-12-20(21)26-23(30)14-22-24(31)28(16-9-10-16)25(35-22)27-19-8-4-6-15-5-2-3-7-18(15)19/h2-8,11-13,16,22H,9-10,14H2,1H3,(H,26,30). The fourth-order valence-electron chi connectivity index (χ4n) is 4.04. The van der Waals surface area contributed by atoms with E-state index in [1.54, 1.807) is 4.90 Å². The van der Waals surface area contributed by atoms with E-state index >= 15 is 0 Å². The summed E-state index contributed by atoms with van der Waals surface area (Å²) in [6.45, 7) is 0. The molecule has 3 aromatic rings. The molecule has 35 heavy (non-hydrogen) atoms. The number of non-ortho nitro benzene ring substituents is 1. The van der Waals surface area contributed by atoms with E-state index in [0.29, 0.717) is 10.9 Å². The summed E-state index contributed by atoms with van der Waals surface area (Å²) in [4.78, 5) is 43.1. The maximum Gasteiger partial charge on any atom is 0.273 e. The molecule has 5 rings (SSSR count). The van der Waals surface area contributed by atoms with E-state index in [4.69, 9.17) is 9.73 Å². The quantitative estimate of drug-likeness (QED) is 0.373. The van der Waals surface area contributed by atoms with Gasteiger partial charge in [-0.2, -0.15) is 0 Å². The SMILES string of the molecule is COc1cc([N+](=O)[O-])ccc1NC(=O)CC1SC(=Nc2cccc3ccccc23)N(C2CC2)C1=O. The molecule has 0 bridgehead atoms. The molecule has 2 aliphatic rings. The summed E-state index contributed by atoms with van der Waals surface area (Å²) in [5.74, 6) is -0.330. The number of fused-ring (bicyclic) bond motifs is 1. The van der Waals surface area contributed by atoms with Gasteiger partial charge in [-0.25, -0.2) is 4.99 Å². The Bertz CT molecular complexity index is 1370. The molecular weight excluding hydrogens is 468 g/mol. The Morgan fingerprint density at radius 3 is 2.71 bits per heavy atom. The van der Waals surface area contributed by atoms with Crippen LogP contribution >= 0.6 is 11.8 Å². The van der Waals surface area contributed by atoms with Gasteiger partial charge in [0.15, 0.2) is 5.17 Å². The van der Waals surface area contributed by atoms with E-state index in [1.807, 2.05) is 42.5 Å². The zero-order chi connectivity index (χ0) is 24.5. The van der Waals surface area contributed by atoms with Crippen LogP contribution in [0.4, 0.5) is 17.1 Å². The maximum atomic E-state index is 13.2. The van der Waals surface area contributed by atoms with Crippen molar-refractivity contribution >= 4 is 56.6 Å². The first kappa shape index (κ1) is 22.9. The van der Waals surface area contributed by atoms with Gasteiger partial charge in [-0.05, 0) is 30.4 Å². The summed E-state index contributed by atoms with van der Waals surface area (Å²) in [5, 5.41) is 15.8. The number of methoxy groups -OCH3 is 1. The number of thioether (sulfide) groups is 1. The molecule has 0 aromatic heterocycles. The van der Waals surface area contributed by atoms with Crippen molar-refractivity contribution in [2.75, 3.05) is 12.4 Å². The van der Waals surface area contributed by atoms with E-state index in [2.05, 4.69) is 5.32 Å². The van der Waals surface area contributed by atoms with Gasteiger partial charge in [0.2, 0.25) is 11.8 Å². The van der Waals surface area contributed by atoms with Crippen LogP contribution in [0.2, 0.25) is 0 Å². The highest BCUT2D eigenvalue weighted by atomic mass is 32.2. The molecule has 0 radical (unpaired) electrons. The van der Waals surface area contributed by atoms with Crippen molar-refractivity contribution in [3.05, 3.63) is 70.8 Å². The number of carbonyl (C=O) groups is 2. The van der Waals surface area contributed by atoms with Crippen LogP contribution in [0.25, 0.3) is 10.8 Å². The highest BCUT2D eigenvalue weighted by Crippen LogP contribution is 2.40. The minimum atomic E-state index is -0.603. The van der Waals surface area contributed by atoms with Crippen molar-refractivity contribution < 1.29 is 19.2 Å². The Labute approximate surface area is 205 Å². The number of nitro groups is 1. The predicted molar refractivity (Wildman–Crippen MR) is 135 cm³/mol. The van der Waals surface area contributed by atoms with Gasteiger partial charge in [-0.3, -0.25) is 24.6 Å². The monoisotopic (exact) mass is 490 g/mol. The minimum Gasteiger partial charge on any atom is -0.494 e. The summed E-state index contributed by atoms with van der Waals surface area (Å²) in [7, 11) is 1.37. The Kier molecular flexibility index (Phi) is 6.12. The van der Waals surface area contributed by atoms with E-state index in [0.717, 1.165) is 29.3 Å². The first-order valence-electron chi connectivity index (χ1n) is 11.1. The molecule has 0 spiro atoms. The second-order valence-electron chi connectivity index (χ2n) is 8.33. The first-order chi connectivity index (χ1) is 16.9. The number of nitrogens with zero attached hydrogens (tertiary/aromatic N) is 3. The molecule has 1 N–H and O–H groups in total. The summed E-state index contributed by atoms with van der Waals surface area (Å²) in [6, 6.07) is 17.9. The van der Waals surface area contributed by atoms with Gasteiger partial charge in [0.05, 0.1) is 29.5 Å². The minimum absolute atomic E-state index is 0.0541. The average Bonchev–Trinajstić information content (AvgIpc) is 3.64. The molecule has 3 aromatic carbocycles. The van der Waals surface area contributed by atoms with Gasteiger partial charge in [0.1, 0.15) is 11.0 Å². The van der Waals surface area contributed by atoms with Crippen molar-refractivity contribution in [1.29, 1.82) is 0 Å². The van der Waals surface area contributed by atoms with Gasteiger partial charge in [0, 0.05) is 23.9 Å². The molecule has 10 heteroatoms. The number of nitrogens with one attached hydrogen (secondary N) is 1.